The molecule has 2 aliphatic rings. The van der Waals surface area contributed by atoms with Gasteiger partial charge in [-0.25, -0.2) is 8.42 Å². The first-order valence-electron chi connectivity index (χ1n) is 8.98. The van der Waals surface area contributed by atoms with E-state index < -0.39 is 10.0 Å². The largest absolute Gasteiger partial charge is 0.341 e. The Bertz CT molecular complexity index is 700. The molecule has 0 N–H and O–H groups in total. The van der Waals surface area contributed by atoms with Crippen LogP contribution in [0.4, 0.5) is 0 Å². The van der Waals surface area contributed by atoms with Gasteiger partial charge >= 0.3 is 0 Å². The molecule has 1 aromatic rings. The van der Waals surface area contributed by atoms with Crippen molar-refractivity contribution in [2.24, 2.45) is 0 Å². The predicted octanol–water partition coefficient (Wildman–Crippen LogP) is 2.69. The fraction of sp³-hybridized carbons (Fsp3) is 0.611. The van der Waals surface area contributed by atoms with E-state index in [2.05, 4.69) is 0 Å². The van der Waals surface area contributed by atoms with Gasteiger partial charge in [0, 0.05) is 31.2 Å². The van der Waals surface area contributed by atoms with E-state index in [1.165, 1.54) is 0 Å². The van der Waals surface area contributed by atoms with Gasteiger partial charge < -0.3 is 4.90 Å². The molecular weight excluding hydrogens is 360 g/mol. The van der Waals surface area contributed by atoms with Crippen LogP contribution in [0.5, 0.6) is 0 Å². The van der Waals surface area contributed by atoms with Crippen molar-refractivity contribution in [3.05, 3.63) is 34.9 Å². The molecule has 5 nitrogen and oxygen atoms in total. The highest BCUT2D eigenvalue weighted by atomic mass is 35.5. The third kappa shape index (κ3) is 4.54. The lowest BCUT2D eigenvalue weighted by Crippen LogP contribution is -2.41. The van der Waals surface area contributed by atoms with Gasteiger partial charge in [0.1, 0.15) is 0 Å². The molecule has 0 atom stereocenters. The second-order valence-corrected chi connectivity index (χ2v) is 9.54. The first-order valence-corrected chi connectivity index (χ1v) is 10.9. The highest BCUT2D eigenvalue weighted by Gasteiger charge is 2.35. The smallest absolute Gasteiger partial charge is 0.227 e. The monoisotopic (exact) mass is 384 g/mol. The van der Waals surface area contributed by atoms with Crippen molar-refractivity contribution in [2.75, 3.05) is 26.2 Å². The van der Waals surface area contributed by atoms with Crippen molar-refractivity contribution in [1.29, 1.82) is 0 Å². The molecule has 7 heteroatoms. The summed E-state index contributed by atoms with van der Waals surface area (Å²) < 4.78 is 27.1. The summed E-state index contributed by atoms with van der Waals surface area (Å²) in [5.74, 6) is 0.0439. The number of halogens is 1. The summed E-state index contributed by atoms with van der Waals surface area (Å²) in [6.45, 7) is 2.01. The molecule has 0 aromatic heterocycles. The van der Waals surface area contributed by atoms with Crippen LogP contribution in [0.25, 0.3) is 0 Å². The molecule has 0 bridgehead atoms. The predicted molar refractivity (Wildman–Crippen MR) is 99.1 cm³/mol. The molecule has 1 aliphatic carbocycles. The number of carbonyl (C=O) groups is 1. The maximum atomic E-state index is 12.8. The van der Waals surface area contributed by atoms with E-state index in [1.807, 2.05) is 12.1 Å². The van der Waals surface area contributed by atoms with Gasteiger partial charge in [0.2, 0.25) is 15.9 Å². The fourth-order valence-electron chi connectivity index (χ4n) is 3.68. The van der Waals surface area contributed by atoms with Crippen molar-refractivity contribution in [2.45, 2.75) is 43.8 Å². The number of hydrogen-bond acceptors (Lipinski definition) is 3. The number of nitrogens with zero attached hydrogens (tertiary/aromatic N) is 2. The molecule has 1 saturated carbocycles. The zero-order chi connectivity index (χ0) is 17.9. The molecule has 0 radical (unpaired) electrons. The molecule has 138 valence electrons. The van der Waals surface area contributed by atoms with Gasteiger partial charge in [-0.2, -0.15) is 4.31 Å². The minimum absolute atomic E-state index is 0.0439. The minimum Gasteiger partial charge on any atom is -0.341 e. The van der Waals surface area contributed by atoms with Crippen LogP contribution >= 0.6 is 11.6 Å². The number of amides is 1. The average molecular weight is 385 g/mol. The molecule has 3 rings (SSSR count). The fourth-order valence-corrected chi connectivity index (χ4v) is 5.88. The Morgan fingerprint density at radius 2 is 1.68 bits per heavy atom. The quantitative estimate of drug-likeness (QED) is 0.801. The standard InChI is InChI=1S/C18H25ClN2O3S/c19-16-8-6-15(7-9-16)14-18(22)20-10-3-11-21(13-12-20)25(23,24)17-4-1-2-5-17/h6-9,17H,1-5,10-14H2. The van der Waals surface area contributed by atoms with E-state index in [0.29, 0.717) is 44.0 Å². The maximum Gasteiger partial charge on any atom is 0.227 e. The molecule has 0 unspecified atom stereocenters. The summed E-state index contributed by atoms with van der Waals surface area (Å²) in [6, 6.07) is 7.27. The molecule has 2 fully saturated rings. The van der Waals surface area contributed by atoms with E-state index in [1.54, 1.807) is 21.3 Å². The van der Waals surface area contributed by atoms with Crippen LogP contribution in [0.1, 0.15) is 37.7 Å². The van der Waals surface area contributed by atoms with Gasteiger partial charge in [-0.3, -0.25) is 4.79 Å². The zero-order valence-electron chi connectivity index (χ0n) is 14.4. The summed E-state index contributed by atoms with van der Waals surface area (Å²) in [5.41, 5.74) is 0.925. The minimum atomic E-state index is -3.22. The van der Waals surface area contributed by atoms with Crippen LogP contribution in [-0.4, -0.2) is 55.0 Å². The molecule has 1 aromatic carbocycles. The van der Waals surface area contributed by atoms with E-state index in [9.17, 15) is 13.2 Å². The number of benzene rings is 1. The molecule has 25 heavy (non-hydrogen) atoms. The number of sulfonamides is 1. The number of rotatable bonds is 4. The lowest BCUT2D eigenvalue weighted by atomic mass is 10.1. The Hall–Kier alpha value is -1.11. The van der Waals surface area contributed by atoms with Crippen molar-refractivity contribution >= 4 is 27.5 Å². The van der Waals surface area contributed by atoms with Gasteiger partial charge in [0.05, 0.1) is 11.7 Å². The summed E-state index contributed by atoms with van der Waals surface area (Å²) >= 11 is 5.87. The van der Waals surface area contributed by atoms with E-state index >= 15 is 0 Å². The van der Waals surface area contributed by atoms with E-state index in [4.69, 9.17) is 11.6 Å². The van der Waals surface area contributed by atoms with E-state index in [0.717, 1.165) is 31.2 Å². The van der Waals surface area contributed by atoms with Gasteiger partial charge in [0.25, 0.3) is 0 Å². The molecule has 1 saturated heterocycles. The van der Waals surface area contributed by atoms with E-state index in [-0.39, 0.29) is 11.2 Å². The Labute approximate surface area is 155 Å². The van der Waals surface area contributed by atoms with Gasteiger partial charge in [-0.15, -0.1) is 0 Å². The third-order valence-corrected chi connectivity index (χ3v) is 7.81. The highest BCUT2D eigenvalue weighted by Crippen LogP contribution is 2.27. The lowest BCUT2D eigenvalue weighted by molar-refractivity contribution is -0.130. The van der Waals surface area contributed by atoms with Crippen LogP contribution in [0.3, 0.4) is 0 Å². The van der Waals surface area contributed by atoms with Crippen LogP contribution in [0.15, 0.2) is 24.3 Å². The van der Waals surface area contributed by atoms with Crippen molar-refractivity contribution in [3.63, 3.8) is 0 Å². The average Bonchev–Trinajstić information content (AvgIpc) is 3.02. The first kappa shape index (κ1) is 18.7. The van der Waals surface area contributed by atoms with Gasteiger partial charge in [-0.05, 0) is 37.0 Å². The number of carbonyl (C=O) groups excluding carboxylic acids is 1. The maximum absolute atomic E-state index is 12.8. The Balaban J connectivity index is 1.59. The Morgan fingerprint density at radius 3 is 2.36 bits per heavy atom. The van der Waals surface area contributed by atoms with Crippen LogP contribution < -0.4 is 0 Å². The Kier molecular flexibility index (Phi) is 6.02. The second-order valence-electron chi connectivity index (χ2n) is 6.89. The summed E-state index contributed by atoms with van der Waals surface area (Å²) in [7, 11) is -3.22. The molecule has 1 amide bonds. The third-order valence-electron chi connectivity index (χ3n) is 5.16. The van der Waals surface area contributed by atoms with Crippen molar-refractivity contribution < 1.29 is 13.2 Å². The Morgan fingerprint density at radius 1 is 1.00 bits per heavy atom. The van der Waals surface area contributed by atoms with Gasteiger partial charge in [0.15, 0.2) is 0 Å². The van der Waals surface area contributed by atoms with Crippen molar-refractivity contribution in [1.82, 2.24) is 9.21 Å². The number of hydrogen-bond donors (Lipinski definition) is 0. The summed E-state index contributed by atoms with van der Waals surface area (Å²) in [6.07, 6.45) is 4.58. The molecule has 0 spiro atoms. The van der Waals surface area contributed by atoms with Crippen LogP contribution in [0.2, 0.25) is 5.02 Å². The van der Waals surface area contributed by atoms with Crippen LogP contribution in [0, 0.1) is 0 Å². The topological polar surface area (TPSA) is 57.7 Å². The lowest BCUT2D eigenvalue weighted by Gasteiger charge is -2.24. The molecular formula is C18H25ClN2O3S. The molecule has 1 aliphatic heterocycles. The van der Waals surface area contributed by atoms with Crippen LogP contribution in [-0.2, 0) is 21.2 Å². The summed E-state index contributed by atoms with van der Waals surface area (Å²) in [4.78, 5) is 14.3. The normalized spacial score (nSPS) is 20.6. The zero-order valence-corrected chi connectivity index (χ0v) is 15.9. The van der Waals surface area contributed by atoms with Gasteiger partial charge in [-0.1, -0.05) is 36.6 Å². The van der Waals surface area contributed by atoms with Crippen molar-refractivity contribution in [3.8, 4) is 0 Å². The second kappa shape index (κ2) is 8.06. The highest BCUT2D eigenvalue weighted by molar-refractivity contribution is 7.89. The SMILES string of the molecule is O=C(Cc1ccc(Cl)cc1)N1CCCN(S(=O)(=O)C2CCCC2)CC1. The first-order chi connectivity index (χ1) is 12.0. The molecule has 1 heterocycles. The summed E-state index contributed by atoms with van der Waals surface area (Å²) in [5, 5.41) is 0.433.